The summed E-state index contributed by atoms with van der Waals surface area (Å²) in [5, 5.41) is 26.8. The fourth-order valence-electron chi connectivity index (χ4n) is 10.5. The van der Waals surface area contributed by atoms with Crippen molar-refractivity contribution in [2.45, 2.75) is 211 Å². The molecule has 3 N–H and O–H groups in total. The fraction of sp³-hybridized carbons (Fsp3) is 0.537. The van der Waals surface area contributed by atoms with Crippen LogP contribution in [-0.2, 0) is 61.3 Å². The number of ether oxygens (including phenoxy) is 5. The lowest BCUT2D eigenvalue weighted by Gasteiger charge is -2.46. The Labute approximate surface area is 461 Å². The number of halogens is 1. The number of hydrogen-bond donors (Lipinski definition) is 3. The third kappa shape index (κ3) is 24.0. The number of rotatable bonds is 40. The molecular formula is C67H92FNO8. The van der Waals surface area contributed by atoms with Gasteiger partial charge in [-0.2, -0.15) is 0 Å². The molecule has 1 fully saturated rings. The van der Waals surface area contributed by atoms with Gasteiger partial charge in [0.2, 0.25) is 5.91 Å². The van der Waals surface area contributed by atoms with E-state index in [-0.39, 0.29) is 24.2 Å². The number of hydrogen-bond acceptors (Lipinski definition) is 8. The molecule has 0 aliphatic heterocycles. The van der Waals surface area contributed by atoms with Crippen molar-refractivity contribution in [1.82, 2.24) is 5.32 Å². The van der Waals surface area contributed by atoms with Gasteiger partial charge in [0.25, 0.3) is 0 Å². The molecule has 10 heteroatoms. The van der Waals surface area contributed by atoms with Crippen LogP contribution < -0.4 is 5.32 Å². The van der Waals surface area contributed by atoms with Gasteiger partial charge in [0.05, 0.1) is 64.0 Å². The van der Waals surface area contributed by atoms with Crippen molar-refractivity contribution in [2.75, 3.05) is 13.2 Å². The average Bonchev–Trinajstić information content (AvgIpc) is 3.46. The molecule has 0 spiro atoms. The molecular weight excluding hydrogens is 966 g/mol. The predicted octanol–water partition coefficient (Wildman–Crippen LogP) is 14.4. The maximum absolute atomic E-state index is 13.9. The molecule has 5 aromatic rings. The predicted molar refractivity (Wildman–Crippen MR) is 306 cm³/mol. The lowest BCUT2D eigenvalue weighted by Crippen LogP contribution is -2.59. The van der Waals surface area contributed by atoms with Gasteiger partial charge in [-0.3, -0.25) is 4.79 Å². The number of aryl methyl sites for hydroxylation is 1. The van der Waals surface area contributed by atoms with Crippen LogP contribution in [0, 0.1) is 11.7 Å². The van der Waals surface area contributed by atoms with E-state index >= 15 is 0 Å². The number of aliphatic hydroxyl groups is 2. The van der Waals surface area contributed by atoms with Crippen LogP contribution in [0.1, 0.15) is 163 Å². The highest BCUT2D eigenvalue weighted by Crippen LogP contribution is 2.36. The molecule has 8 atom stereocenters. The fourth-order valence-corrected chi connectivity index (χ4v) is 10.5. The summed E-state index contributed by atoms with van der Waals surface area (Å²) in [5.41, 5.74) is 5.23. The van der Waals surface area contributed by atoms with Crippen molar-refractivity contribution in [1.29, 1.82) is 0 Å². The molecule has 5 aromatic carbocycles. The van der Waals surface area contributed by atoms with Crippen molar-refractivity contribution in [3.63, 3.8) is 0 Å². The Morgan fingerprint density at radius 3 is 1.51 bits per heavy atom. The number of aliphatic hydroxyl groups excluding tert-OH is 2. The van der Waals surface area contributed by atoms with Gasteiger partial charge in [0.15, 0.2) is 0 Å². The molecule has 1 aliphatic rings. The van der Waals surface area contributed by atoms with E-state index in [1.54, 1.807) is 0 Å². The van der Waals surface area contributed by atoms with E-state index in [4.69, 9.17) is 23.7 Å². The van der Waals surface area contributed by atoms with Crippen molar-refractivity contribution < 1.29 is 43.1 Å². The summed E-state index contributed by atoms with van der Waals surface area (Å²) in [6, 6.07) is 46.2. The molecule has 6 rings (SSSR count). The second-order valence-corrected chi connectivity index (χ2v) is 21.5. The molecule has 0 aromatic heterocycles. The van der Waals surface area contributed by atoms with Crippen LogP contribution in [-0.4, -0.2) is 72.0 Å². The maximum Gasteiger partial charge on any atom is 0.220 e. The highest BCUT2D eigenvalue weighted by Gasteiger charge is 2.48. The standard InChI is InChI=1S/C67H92FNO8/c1-2-3-4-5-6-7-8-9-10-11-14-29-40-61(70)64(72)60(69-63(71)41-30-15-12-13-20-31-53-42-44-59(68)45-43-53)52-74-62-46-58(51-73-47-54-32-21-16-22-33-54)65(75-48-55-34-23-17-24-35-55)67(77-50-57-38-27-19-28-39-57)66(62)76-49-56-36-25-18-26-37-56/h16-19,21-28,32-39,42-45,58,60-62,64-67,70,72H,2-15,20,29-31,40-41,46-52H2,1H3,(H,69,71)/t58-,60+,61-,62+,64+,65+,66+,67+/m1/s1. The van der Waals surface area contributed by atoms with Crippen molar-refractivity contribution >= 4 is 5.91 Å². The zero-order valence-corrected chi connectivity index (χ0v) is 46.3. The zero-order valence-electron chi connectivity index (χ0n) is 46.3. The first kappa shape index (κ1) is 61.4. The van der Waals surface area contributed by atoms with Gasteiger partial charge in [-0.25, -0.2) is 4.39 Å². The molecule has 0 bridgehead atoms. The summed E-state index contributed by atoms with van der Waals surface area (Å²) < 4.78 is 47.9. The molecule has 0 unspecified atom stereocenters. The van der Waals surface area contributed by atoms with Gasteiger partial charge < -0.3 is 39.2 Å². The largest absolute Gasteiger partial charge is 0.390 e. The van der Waals surface area contributed by atoms with E-state index in [1.807, 2.05) is 109 Å². The van der Waals surface area contributed by atoms with Crippen LogP contribution in [0.5, 0.6) is 0 Å². The number of amides is 1. The molecule has 1 amide bonds. The summed E-state index contributed by atoms with van der Waals surface area (Å²) in [7, 11) is 0. The zero-order chi connectivity index (χ0) is 54.0. The quantitative estimate of drug-likeness (QED) is 0.0332. The van der Waals surface area contributed by atoms with Crippen LogP contribution in [0.25, 0.3) is 0 Å². The van der Waals surface area contributed by atoms with Gasteiger partial charge in [-0.15, -0.1) is 0 Å². The van der Waals surface area contributed by atoms with E-state index in [9.17, 15) is 19.4 Å². The van der Waals surface area contributed by atoms with Crippen molar-refractivity contribution in [3.8, 4) is 0 Å². The van der Waals surface area contributed by atoms with Crippen molar-refractivity contribution in [3.05, 3.63) is 179 Å². The van der Waals surface area contributed by atoms with Gasteiger partial charge in [-0.1, -0.05) is 237 Å². The van der Waals surface area contributed by atoms with Gasteiger partial charge in [0, 0.05) is 12.3 Å². The molecule has 77 heavy (non-hydrogen) atoms. The Balaban J connectivity index is 1.17. The Morgan fingerprint density at radius 1 is 0.519 bits per heavy atom. The highest BCUT2D eigenvalue weighted by atomic mass is 19.1. The summed E-state index contributed by atoms with van der Waals surface area (Å²) in [5.74, 6) is -0.610. The van der Waals surface area contributed by atoms with Crippen LogP contribution in [0.15, 0.2) is 146 Å². The Bertz CT molecular complexity index is 2240. The molecule has 9 nitrogen and oxygen atoms in total. The minimum atomic E-state index is -1.26. The molecule has 0 saturated heterocycles. The number of nitrogens with one attached hydrogen (secondary N) is 1. The maximum atomic E-state index is 13.9. The summed E-state index contributed by atoms with van der Waals surface area (Å²) >= 11 is 0. The highest BCUT2D eigenvalue weighted by molar-refractivity contribution is 5.76. The lowest BCUT2D eigenvalue weighted by molar-refractivity contribution is -0.235. The second-order valence-electron chi connectivity index (χ2n) is 21.5. The number of unbranched alkanes of at least 4 members (excludes halogenated alkanes) is 15. The number of carbonyl (C=O) groups excluding carboxylic acids is 1. The number of benzene rings is 5. The lowest BCUT2D eigenvalue weighted by atomic mass is 9.80. The van der Waals surface area contributed by atoms with Gasteiger partial charge >= 0.3 is 0 Å². The van der Waals surface area contributed by atoms with Gasteiger partial charge in [0.1, 0.15) is 24.1 Å². The van der Waals surface area contributed by atoms with E-state index in [2.05, 4.69) is 36.5 Å². The van der Waals surface area contributed by atoms with Crippen LogP contribution >= 0.6 is 0 Å². The van der Waals surface area contributed by atoms with E-state index in [0.29, 0.717) is 58.7 Å². The van der Waals surface area contributed by atoms with Crippen molar-refractivity contribution in [2.24, 2.45) is 5.92 Å². The minimum Gasteiger partial charge on any atom is -0.390 e. The SMILES string of the molecule is CCCCCCCCCCCCCC[C@@H](O)[C@@H](O)[C@H](CO[C@H]1C[C@H](COCc2ccccc2)[C@H](OCc2ccccc2)[C@H](OCc2ccccc2)[C@H]1OCc1ccccc1)NC(=O)CCCCCCCc1ccc(F)cc1. The average molecular weight is 1060 g/mol. The third-order valence-electron chi connectivity index (χ3n) is 15.1. The topological polar surface area (TPSA) is 116 Å². The minimum absolute atomic E-state index is 0.0554. The molecule has 1 aliphatic carbocycles. The molecule has 420 valence electrons. The molecule has 0 heterocycles. The van der Waals surface area contributed by atoms with E-state index in [0.717, 1.165) is 79.2 Å². The summed E-state index contributed by atoms with van der Waals surface area (Å²) in [6.45, 7) is 3.94. The summed E-state index contributed by atoms with van der Waals surface area (Å²) in [6.07, 6.45) is 16.5. The Kier molecular flexibility index (Phi) is 29.6. The van der Waals surface area contributed by atoms with Gasteiger partial charge in [-0.05, 0) is 72.1 Å². The van der Waals surface area contributed by atoms with Crippen LogP contribution in [0.4, 0.5) is 4.39 Å². The van der Waals surface area contributed by atoms with Crippen LogP contribution in [0.2, 0.25) is 0 Å². The third-order valence-corrected chi connectivity index (χ3v) is 15.1. The smallest absolute Gasteiger partial charge is 0.220 e. The molecule has 0 radical (unpaired) electrons. The normalized spacial score (nSPS) is 18.7. The number of carbonyl (C=O) groups is 1. The first-order valence-electron chi connectivity index (χ1n) is 29.5. The van der Waals surface area contributed by atoms with E-state index in [1.165, 1.54) is 69.9 Å². The Hall–Kier alpha value is -4.78. The Morgan fingerprint density at radius 2 is 0.974 bits per heavy atom. The van der Waals surface area contributed by atoms with Crippen LogP contribution in [0.3, 0.4) is 0 Å². The first-order valence-corrected chi connectivity index (χ1v) is 29.5. The summed E-state index contributed by atoms with van der Waals surface area (Å²) in [4.78, 5) is 13.9. The molecule has 1 saturated carbocycles. The monoisotopic (exact) mass is 1060 g/mol. The van der Waals surface area contributed by atoms with E-state index < -0.39 is 42.7 Å². The second kappa shape index (κ2) is 37.2. The first-order chi connectivity index (χ1) is 37.9.